The molecule has 6 nitrogen and oxygen atoms in total. The summed E-state index contributed by atoms with van der Waals surface area (Å²) in [6.07, 6.45) is 0. The van der Waals surface area contributed by atoms with Gasteiger partial charge < -0.3 is 10.1 Å². The third-order valence-electron chi connectivity index (χ3n) is 3.27. The highest BCUT2D eigenvalue weighted by Gasteiger charge is 2.18. The summed E-state index contributed by atoms with van der Waals surface area (Å²) >= 11 is 2.70. The summed E-state index contributed by atoms with van der Waals surface area (Å²) in [5.41, 5.74) is 0.680. The van der Waals surface area contributed by atoms with Crippen LogP contribution in [0.4, 0.5) is 0 Å². The molecule has 1 saturated heterocycles. The van der Waals surface area contributed by atoms with Crippen molar-refractivity contribution in [1.82, 2.24) is 19.8 Å². The fourth-order valence-electron chi connectivity index (χ4n) is 2.15. The van der Waals surface area contributed by atoms with Crippen molar-refractivity contribution in [2.45, 2.75) is 0 Å². The second-order valence-corrected chi connectivity index (χ2v) is 6.34. The Bertz CT molecular complexity index is 579. The SMILES string of the molecule is O=C(NCCN1CCOCC1)c1snnc1-c1cccs1. The molecule has 112 valence electrons. The van der Waals surface area contributed by atoms with E-state index in [9.17, 15) is 4.79 Å². The molecule has 0 aliphatic carbocycles. The van der Waals surface area contributed by atoms with Crippen LogP contribution in [-0.2, 0) is 4.74 Å². The molecule has 8 heteroatoms. The van der Waals surface area contributed by atoms with Crippen LogP contribution in [0.5, 0.6) is 0 Å². The number of nitrogens with one attached hydrogen (secondary N) is 1. The lowest BCUT2D eigenvalue weighted by Crippen LogP contribution is -2.41. The van der Waals surface area contributed by atoms with E-state index in [4.69, 9.17) is 4.74 Å². The predicted molar refractivity (Wildman–Crippen MR) is 82.8 cm³/mol. The Balaban J connectivity index is 1.55. The summed E-state index contributed by atoms with van der Waals surface area (Å²) in [5.74, 6) is -0.0957. The van der Waals surface area contributed by atoms with Gasteiger partial charge in [-0.15, -0.1) is 16.4 Å². The smallest absolute Gasteiger partial charge is 0.265 e. The Morgan fingerprint density at radius 3 is 3.05 bits per heavy atom. The number of hydrogen-bond acceptors (Lipinski definition) is 7. The molecule has 3 heterocycles. The zero-order chi connectivity index (χ0) is 14.5. The van der Waals surface area contributed by atoms with Gasteiger partial charge in [0.1, 0.15) is 10.6 Å². The van der Waals surface area contributed by atoms with E-state index < -0.39 is 0 Å². The highest BCUT2D eigenvalue weighted by Crippen LogP contribution is 2.27. The molecule has 0 spiro atoms. The van der Waals surface area contributed by atoms with Gasteiger partial charge >= 0.3 is 0 Å². The lowest BCUT2D eigenvalue weighted by molar-refractivity contribution is 0.0383. The fraction of sp³-hybridized carbons (Fsp3) is 0.462. The van der Waals surface area contributed by atoms with Gasteiger partial charge in [0.25, 0.3) is 5.91 Å². The molecule has 0 saturated carbocycles. The average Bonchev–Trinajstić information content (AvgIpc) is 3.19. The molecule has 0 bridgehead atoms. The number of carbonyl (C=O) groups is 1. The third kappa shape index (κ3) is 3.65. The summed E-state index contributed by atoms with van der Waals surface area (Å²) in [5, 5.41) is 8.98. The zero-order valence-electron chi connectivity index (χ0n) is 11.4. The maximum Gasteiger partial charge on any atom is 0.265 e. The van der Waals surface area contributed by atoms with Gasteiger partial charge in [-0.1, -0.05) is 10.6 Å². The van der Waals surface area contributed by atoms with E-state index in [1.807, 2.05) is 17.5 Å². The predicted octanol–water partition coefficient (Wildman–Crippen LogP) is 1.33. The highest BCUT2D eigenvalue weighted by molar-refractivity contribution is 7.14. The standard InChI is InChI=1S/C13H16N4O2S2/c18-13(14-3-4-17-5-7-19-8-6-17)12-11(15-16-21-12)10-2-1-9-20-10/h1-2,9H,3-8H2,(H,14,18). The van der Waals surface area contributed by atoms with Gasteiger partial charge in [-0.3, -0.25) is 9.69 Å². The Morgan fingerprint density at radius 1 is 1.43 bits per heavy atom. The van der Waals surface area contributed by atoms with Gasteiger partial charge in [0.2, 0.25) is 0 Å². The lowest BCUT2D eigenvalue weighted by Gasteiger charge is -2.26. The maximum atomic E-state index is 12.2. The Hall–Kier alpha value is -1.35. The van der Waals surface area contributed by atoms with E-state index in [1.165, 1.54) is 0 Å². The van der Waals surface area contributed by atoms with Gasteiger partial charge in [-0.25, -0.2) is 0 Å². The number of aromatic nitrogens is 2. The van der Waals surface area contributed by atoms with Gasteiger partial charge in [0, 0.05) is 26.2 Å². The summed E-state index contributed by atoms with van der Waals surface area (Å²) in [7, 11) is 0. The molecular weight excluding hydrogens is 308 g/mol. The number of ether oxygens (including phenoxy) is 1. The normalized spacial score (nSPS) is 16.0. The van der Waals surface area contributed by atoms with E-state index in [0.717, 1.165) is 49.3 Å². The van der Waals surface area contributed by atoms with Crippen molar-refractivity contribution in [3.8, 4) is 10.6 Å². The molecule has 0 radical (unpaired) electrons. The molecule has 2 aromatic rings. The van der Waals surface area contributed by atoms with Gasteiger partial charge in [0.15, 0.2) is 0 Å². The van der Waals surface area contributed by atoms with E-state index in [-0.39, 0.29) is 5.91 Å². The molecule has 3 rings (SSSR count). The monoisotopic (exact) mass is 324 g/mol. The Morgan fingerprint density at radius 2 is 2.29 bits per heavy atom. The minimum absolute atomic E-state index is 0.0957. The van der Waals surface area contributed by atoms with Gasteiger partial charge in [-0.2, -0.15) is 0 Å². The number of hydrogen-bond donors (Lipinski definition) is 1. The number of nitrogens with zero attached hydrogens (tertiary/aromatic N) is 3. The van der Waals surface area contributed by atoms with Crippen molar-refractivity contribution >= 4 is 28.8 Å². The zero-order valence-corrected chi connectivity index (χ0v) is 13.1. The first-order chi connectivity index (χ1) is 10.3. The van der Waals surface area contributed by atoms with Gasteiger partial charge in [-0.05, 0) is 23.0 Å². The fourth-order valence-corrected chi connectivity index (χ4v) is 3.52. The maximum absolute atomic E-state index is 12.2. The second-order valence-electron chi connectivity index (χ2n) is 4.64. The van der Waals surface area contributed by atoms with Crippen molar-refractivity contribution in [2.75, 3.05) is 39.4 Å². The molecule has 1 amide bonds. The molecule has 21 heavy (non-hydrogen) atoms. The topological polar surface area (TPSA) is 67.4 Å². The first-order valence-electron chi connectivity index (χ1n) is 6.79. The highest BCUT2D eigenvalue weighted by atomic mass is 32.1. The Kier molecular flexibility index (Phi) is 4.91. The van der Waals surface area contributed by atoms with E-state index in [2.05, 4.69) is 19.8 Å². The second kappa shape index (κ2) is 7.08. The molecule has 1 aliphatic rings. The van der Waals surface area contributed by atoms with E-state index >= 15 is 0 Å². The molecule has 0 unspecified atom stereocenters. The minimum atomic E-state index is -0.0957. The molecule has 0 atom stereocenters. The molecule has 1 aliphatic heterocycles. The molecule has 2 aromatic heterocycles. The van der Waals surface area contributed by atoms with E-state index in [0.29, 0.717) is 17.1 Å². The van der Waals surface area contributed by atoms with Crippen LogP contribution < -0.4 is 5.32 Å². The van der Waals surface area contributed by atoms with Crippen LogP contribution in [0.3, 0.4) is 0 Å². The Labute approximate surface area is 130 Å². The molecule has 1 fully saturated rings. The van der Waals surface area contributed by atoms with Crippen LogP contribution in [-0.4, -0.2) is 59.8 Å². The number of amides is 1. The van der Waals surface area contributed by atoms with Crippen molar-refractivity contribution in [1.29, 1.82) is 0 Å². The summed E-state index contributed by atoms with van der Waals surface area (Å²) in [6.45, 7) is 4.87. The van der Waals surface area contributed by atoms with Crippen LogP contribution in [0.1, 0.15) is 9.67 Å². The first-order valence-corrected chi connectivity index (χ1v) is 8.44. The lowest BCUT2D eigenvalue weighted by atomic mass is 10.3. The number of morpholine rings is 1. The average molecular weight is 324 g/mol. The van der Waals surface area contributed by atoms with Crippen molar-refractivity contribution < 1.29 is 9.53 Å². The quantitative estimate of drug-likeness (QED) is 0.899. The minimum Gasteiger partial charge on any atom is -0.379 e. The van der Waals surface area contributed by atoms with Crippen molar-refractivity contribution in [2.24, 2.45) is 0 Å². The van der Waals surface area contributed by atoms with Crippen molar-refractivity contribution in [3.05, 3.63) is 22.4 Å². The van der Waals surface area contributed by atoms with Crippen molar-refractivity contribution in [3.63, 3.8) is 0 Å². The number of carbonyl (C=O) groups excluding carboxylic acids is 1. The molecular formula is C13H16N4O2S2. The van der Waals surface area contributed by atoms with Crippen LogP contribution >= 0.6 is 22.9 Å². The third-order valence-corrected chi connectivity index (χ3v) is 4.87. The van der Waals surface area contributed by atoms with Crippen LogP contribution in [0, 0.1) is 0 Å². The van der Waals surface area contributed by atoms with Crippen LogP contribution in [0.15, 0.2) is 17.5 Å². The molecule has 0 aromatic carbocycles. The largest absolute Gasteiger partial charge is 0.379 e. The summed E-state index contributed by atoms with van der Waals surface area (Å²) < 4.78 is 9.21. The van der Waals surface area contributed by atoms with Crippen LogP contribution in [0.25, 0.3) is 10.6 Å². The van der Waals surface area contributed by atoms with E-state index in [1.54, 1.807) is 11.3 Å². The first kappa shape index (κ1) is 14.6. The van der Waals surface area contributed by atoms with Gasteiger partial charge in [0.05, 0.1) is 18.1 Å². The molecule has 1 N–H and O–H groups in total. The number of thiophene rings is 1. The summed E-state index contributed by atoms with van der Waals surface area (Å²) in [4.78, 5) is 16.1. The summed E-state index contributed by atoms with van der Waals surface area (Å²) in [6, 6.07) is 3.89. The van der Waals surface area contributed by atoms with Crippen LogP contribution in [0.2, 0.25) is 0 Å². The number of rotatable bonds is 5.